The van der Waals surface area contributed by atoms with Gasteiger partial charge in [0.25, 0.3) is 0 Å². The van der Waals surface area contributed by atoms with Crippen molar-refractivity contribution in [1.82, 2.24) is 0 Å². The summed E-state index contributed by atoms with van der Waals surface area (Å²) >= 11 is 7.42. The van der Waals surface area contributed by atoms with Gasteiger partial charge in [0, 0.05) is 16.1 Å². The molecule has 3 fully saturated rings. The number of fused-ring (bicyclic) bond motifs is 5. The predicted octanol–water partition coefficient (Wildman–Crippen LogP) is 6.02. The number of carbonyl (C=O) groups is 3. The van der Waals surface area contributed by atoms with Crippen molar-refractivity contribution in [2.24, 2.45) is 23.7 Å². The van der Waals surface area contributed by atoms with E-state index in [1.165, 1.54) is 30.6 Å². The molecule has 0 aromatic heterocycles. The topological polar surface area (TPSA) is 63.7 Å². The van der Waals surface area contributed by atoms with Gasteiger partial charge in [0.05, 0.1) is 17.5 Å². The zero-order chi connectivity index (χ0) is 22.8. The van der Waals surface area contributed by atoms with Crippen LogP contribution in [0.1, 0.15) is 64.7 Å². The van der Waals surface area contributed by atoms with Crippen LogP contribution < -0.4 is 9.64 Å². The zero-order valence-corrected chi connectivity index (χ0v) is 21.6. The molecular formula is C25H31Br2NO4. The standard InChI is InChI=1S/C25H31Br2NO4/c1-2-3-4-5-6-7-8-9-19(29)32-16-12-10-15(11-13-16)28-24(30)20-17-14-18(21(20)25(28)31)23(27)22(17)26/h10-13,17-18,20-23H,2-9,14H2,1H3/t17-,18+,20-,21-,22-,23+/m0/s1. The molecule has 1 aromatic carbocycles. The van der Waals surface area contributed by atoms with E-state index in [0.29, 0.717) is 17.9 Å². The number of unbranched alkanes of at least 4 members (excludes halogenated alkanes) is 6. The molecule has 7 heteroatoms. The summed E-state index contributed by atoms with van der Waals surface area (Å²) in [6.07, 6.45) is 9.40. The normalized spacial score (nSPS) is 30.8. The van der Waals surface area contributed by atoms with Crippen LogP contribution in [0.3, 0.4) is 0 Å². The minimum atomic E-state index is -0.238. The summed E-state index contributed by atoms with van der Waals surface area (Å²) in [5.74, 6) is -0.0553. The Kier molecular flexibility index (Phi) is 7.76. The van der Waals surface area contributed by atoms with E-state index >= 15 is 0 Å². The molecule has 3 aliphatic rings. The molecule has 1 heterocycles. The number of halogens is 2. The van der Waals surface area contributed by atoms with Crippen LogP contribution in [0.15, 0.2) is 24.3 Å². The number of anilines is 1. The Morgan fingerprint density at radius 1 is 0.906 bits per heavy atom. The van der Waals surface area contributed by atoms with Crippen LogP contribution in [0.25, 0.3) is 0 Å². The Morgan fingerprint density at radius 2 is 1.44 bits per heavy atom. The molecule has 2 amide bonds. The summed E-state index contributed by atoms with van der Waals surface area (Å²) in [7, 11) is 0. The monoisotopic (exact) mass is 567 g/mol. The van der Waals surface area contributed by atoms with E-state index in [2.05, 4.69) is 38.8 Å². The summed E-state index contributed by atoms with van der Waals surface area (Å²) in [6, 6.07) is 6.74. The molecule has 0 N–H and O–H groups in total. The van der Waals surface area contributed by atoms with Gasteiger partial charge < -0.3 is 4.74 Å². The van der Waals surface area contributed by atoms with E-state index in [1.54, 1.807) is 24.3 Å². The summed E-state index contributed by atoms with van der Waals surface area (Å²) in [5.41, 5.74) is 0.554. The highest BCUT2D eigenvalue weighted by Gasteiger charge is 2.66. The van der Waals surface area contributed by atoms with Gasteiger partial charge in [-0.1, -0.05) is 77.3 Å². The van der Waals surface area contributed by atoms with Crippen LogP contribution in [-0.2, 0) is 14.4 Å². The van der Waals surface area contributed by atoms with Crippen LogP contribution in [0.4, 0.5) is 5.69 Å². The number of ether oxygens (including phenoxy) is 1. The number of imide groups is 1. The van der Waals surface area contributed by atoms with Crippen molar-refractivity contribution < 1.29 is 19.1 Å². The molecule has 0 unspecified atom stereocenters. The largest absolute Gasteiger partial charge is 0.427 e. The molecule has 2 saturated carbocycles. The molecule has 32 heavy (non-hydrogen) atoms. The molecule has 5 nitrogen and oxygen atoms in total. The lowest BCUT2D eigenvalue weighted by molar-refractivity contribution is -0.134. The maximum Gasteiger partial charge on any atom is 0.311 e. The van der Waals surface area contributed by atoms with Crippen molar-refractivity contribution >= 4 is 55.3 Å². The fourth-order valence-electron chi connectivity index (χ4n) is 5.68. The van der Waals surface area contributed by atoms with E-state index in [4.69, 9.17) is 4.74 Å². The third kappa shape index (κ3) is 4.56. The van der Waals surface area contributed by atoms with Gasteiger partial charge in [-0.25, -0.2) is 0 Å². The Bertz CT molecular complexity index is 826. The van der Waals surface area contributed by atoms with Gasteiger partial charge in [-0.15, -0.1) is 0 Å². The van der Waals surface area contributed by atoms with Crippen LogP contribution in [0.5, 0.6) is 5.75 Å². The first-order chi connectivity index (χ1) is 15.4. The third-order valence-corrected chi connectivity index (χ3v) is 10.5. The van der Waals surface area contributed by atoms with Crippen LogP contribution in [-0.4, -0.2) is 27.4 Å². The molecule has 174 valence electrons. The highest BCUT2D eigenvalue weighted by molar-refractivity contribution is 9.12. The van der Waals surface area contributed by atoms with Crippen molar-refractivity contribution in [3.63, 3.8) is 0 Å². The van der Waals surface area contributed by atoms with E-state index in [9.17, 15) is 14.4 Å². The number of benzene rings is 1. The van der Waals surface area contributed by atoms with Gasteiger partial charge >= 0.3 is 5.97 Å². The average molecular weight is 569 g/mol. The number of amides is 2. The second-order valence-electron chi connectivity index (χ2n) is 9.36. The molecule has 2 bridgehead atoms. The van der Waals surface area contributed by atoms with E-state index in [-0.39, 0.29) is 51.1 Å². The minimum absolute atomic E-state index is 0.0972. The summed E-state index contributed by atoms with van der Waals surface area (Å²) in [4.78, 5) is 40.1. The van der Waals surface area contributed by atoms with Crippen molar-refractivity contribution in [1.29, 1.82) is 0 Å². The van der Waals surface area contributed by atoms with Gasteiger partial charge in [0.1, 0.15) is 5.75 Å². The highest BCUT2D eigenvalue weighted by atomic mass is 79.9. The fraction of sp³-hybridized carbons (Fsp3) is 0.640. The Balaban J connectivity index is 1.29. The van der Waals surface area contributed by atoms with Gasteiger partial charge in [0.2, 0.25) is 11.8 Å². The third-order valence-electron chi connectivity index (χ3n) is 7.30. The molecule has 1 saturated heterocycles. The maximum atomic E-state index is 13.1. The summed E-state index contributed by atoms with van der Waals surface area (Å²) < 4.78 is 5.44. The molecular weight excluding hydrogens is 538 g/mol. The average Bonchev–Trinajstić information content (AvgIpc) is 3.39. The Labute approximate surface area is 206 Å². The first-order valence-corrected chi connectivity index (χ1v) is 13.7. The number of hydrogen-bond acceptors (Lipinski definition) is 4. The highest BCUT2D eigenvalue weighted by Crippen LogP contribution is 2.60. The molecule has 0 spiro atoms. The smallest absolute Gasteiger partial charge is 0.311 e. The zero-order valence-electron chi connectivity index (χ0n) is 18.5. The summed E-state index contributed by atoms with van der Waals surface area (Å²) in [5, 5.41) is 0. The fourth-order valence-corrected chi connectivity index (χ4v) is 7.55. The van der Waals surface area contributed by atoms with Crippen LogP contribution in [0, 0.1) is 23.7 Å². The SMILES string of the molecule is CCCCCCCCCC(=O)Oc1ccc(N2C(=O)[C@H]3[C@@H]4C[C@@H]([C@@H](Br)[C@H]4Br)[C@@H]3C2=O)cc1. The number of carbonyl (C=O) groups excluding carboxylic acids is 3. The maximum absolute atomic E-state index is 13.1. The first kappa shape index (κ1) is 23.9. The number of alkyl halides is 2. The minimum Gasteiger partial charge on any atom is -0.427 e. The molecule has 0 radical (unpaired) electrons. The summed E-state index contributed by atoms with van der Waals surface area (Å²) in [6.45, 7) is 2.20. The van der Waals surface area contributed by atoms with Gasteiger partial charge in [-0.2, -0.15) is 0 Å². The molecule has 6 atom stereocenters. The van der Waals surface area contributed by atoms with Gasteiger partial charge in [0.15, 0.2) is 0 Å². The number of nitrogens with zero attached hydrogens (tertiary/aromatic N) is 1. The van der Waals surface area contributed by atoms with Crippen molar-refractivity contribution in [3.8, 4) is 5.75 Å². The Morgan fingerprint density at radius 3 is 2.00 bits per heavy atom. The van der Waals surface area contributed by atoms with E-state index in [0.717, 1.165) is 25.7 Å². The second-order valence-corrected chi connectivity index (χ2v) is 11.5. The van der Waals surface area contributed by atoms with Gasteiger partial charge in [-0.05, 0) is 48.9 Å². The lowest BCUT2D eigenvalue weighted by Crippen LogP contribution is -2.37. The quantitative estimate of drug-likeness (QED) is 0.114. The molecule has 1 aromatic rings. The van der Waals surface area contributed by atoms with Crippen molar-refractivity contribution in [3.05, 3.63) is 24.3 Å². The lowest BCUT2D eigenvalue weighted by atomic mass is 9.81. The molecule has 4 rings (SSSR count). The van der Waals surface area contributed by atoms with Crippen molar-refractivity contribution in [2.45, 2.75) is 74.4 Å². The van der Waals surface area contributed by atoms with Crippen LogP contribution in [0.2, 0.25) is 0 Å². The van der Waals surface area contributed by atoms with Crippen LogP contribution >= 0.6 is 31.9 Å². The number of esters is 1. The Hall–Kier alpha value is -1.21. The number of hydrogen-bond donors (Lipinski definition) is 0. The lowest BCUT2D eigenvalue weighted by Gasteiger charge is -2.28. The predicted molar refractivity (Wildman–Crippen MR) is 131 cm³/mol. The van der Waals surface area contributed by atoms with Gasteiger partial charge in [-0.3, -0.25) is 19.3 Å². The first-order valence-electron chi connectivity index (χ1n) is 11.9. The number of rotatable bonds is 10. The van der Waals surface area contributed by atoms with Crippen molar-refractivity contribution in [2.75, 3.05) is 4.90 Å². The molecule has 1 aliphatic heterocycles. The van der Waals surface area contributed by atoms with E-state index < -0.39 is 0 Å². The second kappa shape index (κ2) is 10.4. The van der Waals surface area contributed by atoms with E-state index in [1.807, 2.05) is 0 Å². The molecule has 2 aliphatic carbocycles.